The summed E-state index contributed by atoms with van der Waals surface area (Å²) in [6.45, 7) is 5.03. The molecule has 1 fully saturated rings. The second-order valence-corrected chi connectivity index (χ2v) is 8.54. The van der Waals surface area contributed by atoms with E-state index < -0.39 is 5.54 Å². The van der Waals surface area contributed by atoms with Gasteiger partial charge in [0.2, 0.25) is 5.91 Å². The molecule has 0 bridgehead atoms. The number of nitrogens with zero attached hydrogens (tertiary/aromatic N) is 4. The molecule has 1 aromatic heterocycles. The Balaban J connectivity index is 1.40. The van der Waals surface area contributed by atoms with E-state index in [9.17, 15) is 4.79 Å². The van der Waals surface area contributed by atoms with Gasteiger partial charge in [-0.05, 0) is 55.2 Å². The van der Waals surface area contributed by atoms with Crippen molar-refractivity contribution in [2.24, 2.45) is 5.73 Å². The number of hydrogen-bond acceptors (Lipinski definition) is 5. The van der Waals surface area contributed by atoms with Crippen LogP contribution in [0.1, 0.15) is 35.2 Å². The van der Waals surface area contributed by atoms with Gasteiger partial charge in [0.15, 0.2) is 0 Å². The van der Waals surface area contributed by atoms with E-state index in [1.54, 1.807) is 0 Å². The molecule has 1 aliphatic heterocycles. The number of anilines is 1. The topological polar surface area (TPSA) is 100.0 Å². The maximum absolute atomic E-state index is 12.4. The van der Waals surface area contributed by atoms with Gasteiger partial charge in [0.25, 0.3) is 0 Å². The molecule has 0 saturated carbocycles. The van der Waals surface area contributed by atoms with E-state index in [0.29, 0.717) is 24.9 Å². The fraction of sp³-hybridized carbons (Fsp3) is 0.320. The Morgan fingerprint density at radius 1 is 1.19 bits per heavy atom. The maximum atomic E-state index is 12.4. The van der Waals surface area contributed by atoms with Gasteiger partial charge in [0.05, 0.1) is 23.7 Å². The van der Waals surface area contributed by atoms with Crippen molar-refractivity contribution in [3.63, 3.8) is 0 Å². The van der Waals surface area contributed by atoms with Crippen molar-refractivity contribution in [3.8, 4) is 6.07 Å². The Morgan fingerprint density at radius 3 is 2.59 bits per heavy atom. The number of nitrogens with one attached hydrogen (secondary N) is 1. The summed E-state index contributed by atoms with van der Waals surface area (Å²) in [5, 5.41) is 12.4. The van der Waals surface area contributed by atoms with Crippen molar-refractivity contribution in [2.45, 2.75) is 38.4 Å². The number of nitrogens with two attached hydrogens (primary N) is 1. The monoisotopic (exact) mass is 428 g/mol. The summed E-state index contributed by atoms with van der Waals surface area (Å²) in [7, 11) is 0. The zero-order valence-corrected chi connectivity index (χ0v) is 18.3. The lowest BCUT2D eigenvalue weighted by molar-refractivity contribution is -0.123. The molecule has 1 aliphatic rings. The van der Waals surface area contributed by atoms with Crippen LogP contribution in [0.3, 0.4) is 0 Å². The van der Waals surface area contributed by atoms with E-state index in [-0.39, 0.29) is 5.91 Å². The predicted molar refractivity (Wildman–Crippen MR) is 124 cm³/mol. The molecule has 164 valence electrons. The highest BCUT2D eigenvalue weighted by Gasteiger charge is 2.40. The molecule has 32 heavy (non-hydrogen) atoms. The van der Waals surface area contributed by atoms with Gasteiger partial charge in [-0.1, -0.05) is 24.3 Å². The van der Waals surface area contributed by atoms with Crippen molar-refractivity contribution in [1.82, 2.24) is 14.5 Å². The lowest BCUT2D eigenvalue weighted by Crippen LogP contribution is -2.57. The first-order chi connectivity index (χ1) is 15.5. The average molecular weight is 429 g/mol. The summed E-state index contributed by atoms with van der Waals surface area (Å²) in [6, 6.07) is 17.8. The largest absolute Gasteiger partial charge is 0.371 e. The van der Waals surface area contributed by atoms with Crippen molar-refractivity contribution in [1.29, 1.82) is 5.26 Å². The minimum atomic E-state index is -0.729. The van der Waals surface area contributed by atoms with Crippen LogP contribution in [0.2, 0.25) is 0 Å². The van der Waals surface area contributed by atoms with Gasteiger partial charge in [-0.3, -0.25) is 9.69 Å². The highest BCUT2D eigenvalue weighted by molar-refractivity contribution is 5.88. The number of aromatic nitrogens is 2. The summed E-state index contributed by atoms with van der Waals surface area (Å²) >= 11 is 0. The molecule has 0 atom stereocenters. The number of imidazole rings is 1. The number of likely N-dealkylation sites (tertiary alicyclic amines) is 1. The van der Waals surface area contributed by atoms with Crippen LogP contribution in [-0.4, -0.2) is 39.0 Å². The summed E-state index contributed by atoms with van der Waals surface area (Å²) < 4.78 is 2.13. The highest BCUT2D eigenvalue weighted by Crippen LogP contribution is 2.28. The number of benzene rings is 2. The van der Waals surface area contributed by atoms with Crippen LogP contribution in [0.15, 0.2) is 61.1 Å². The SMILES string of the molecule is Cc1cccc(NC2(C(N)=O)CCN(Cc3cncn3Cc3ccc(C#N)cc3)CC2)c1. The van der Waals surface area contributed by atoms with Gasteiger partial charge in [-0.25, -0.2) is 4.98 Å². The first-order valence-corrected chi connectivity index (χ1v) is 10.8. The van der Waals surface area contributed by atoms with Gasteiger partial charge in [0, 0.05) is 38.1 Å². The van der Waals surface area contributed by atoms with Crippen molar-refractivity contribution < 1.29 is 4.79 Å². The number of rotatable bonds is 7. The molecule has 1 saturated heterocycles. The second-order valence-electron chi connectivity index (χ2n) is 8.54. The molecule has 0 spiro atoms. The number of primary amides is 1. The minimum Gasteiger partial charge on any atom is -0.371 e. The lowest BCUT2D eigenvalue weighted by Gasteiger charge is -2.40. The standard InChI is InChI=1S/C25H28N6O/c1-19-3-2-4-22(13-19)29-25(24(27)32)9-11-30(12-10-25)17-23-15-28-18-31(23)16-21-7-5-20(14-26)6-8-21/h2-8,13,15,18,29H,9-12,16-17H2,1H3,(H2,27,32). The minimum absolute atomic E-state index is 0.301. The zero-order valence-electron chi connectivity index (χ0n) is 18.3. The maximum Gasteiger partial charge on any atom is 0.243 e. The van der Waals surface area contributed by atoms with E-state index in [0.717, 1.165) is 42.1 Å². The fourth-order valence-corrected chi connectivity index (χ4v) is 4.26. The number of carbonyl (C=O) groups excluding carboxylic acids is 1. The van der Waals surface area contributed by atoms with Gasteiger partial charge >= 0.3 is 0 Å². The van der Waals surface area contributed by atoms with E-state index >= 15 is 0 Å². The van der Waals surface area contributed by atoms with E-state index in [2.05, 4.69) is 25.8 Å². The number of nitriles is 1. The Hall–Kier alpha value is -3.63. The van der Waals surface area contributed by atoms with Crippen molar-refractivity contribution >= 4 is 11.6 Å². The van der Waals surface area contributed by atoms with Gasteiger partial charge in [0.1, 0.15) is 5.54 Å². The van der Waals surface area contributed by atoms with Crippen LogP contribution < -0.4 is 11.1 Å². The first kappa shape index (κ1) is 21.6. The number of carbonyl (C=O) groups is 1. The van der Waals surface area contributed by atoms with Crippen molar-refractivity contribution in [3.05, 3.63) is 83.4 Å². The number of hydrogen-bond donors (Lipinski definition) is 2. The fourth-order valence-electron chi connectivity index (χ4n) is 4.26. The molecule has 7 nitrogen and oxygen atoms in total. The van der Waals surface area contributed by atoms with Gasteiger partial charge < -0.3 is 15.6 Å². The molecule has 3 aromatic rings. The molecular formula is C25H28N6O. The lowest BCUT2D eigenvalue weighted by atomic mass is 9.86. The molecule has 1 amide bonds. The third kappa shape index (κ3) is 4.82. The molecule has 0 unspecified atom stereocenters. The van der Waals surface area contributed by atoms with Crippen LogP contribution in [-0.2, 0) is 17.9 Å². The molecule has 4 rings (SSSR count). The normalized spacial score (nSPS) is 15.8. The number of amides is 1. The molecular weight excluding hydrogens is 400 g/mol. The quantitative estimate of drug-likeness (QED) is 0.602. The molecule has 2 aromatic carbocycles. The molecule has 0 aliphatic carbocycles. The summed E-state index contributed by atoms with van der Waals surface area (Å²) in [6.07, 6.45) is 5.04. The Bertz CT molecular complexity index is 1120. The Labute approximate surface area is 188 Å². The summed E-state index contributed by atoms with van der Waals surface area (Å²) in [5.41, 5.74) is 10.1. The second kappa shape index (κ2) is 9.25. The zero-order chi connectivity index (χ0) is 22.6. The van der Waals surface area contributed by atoms with Crippen LogP contribution in [0.25, 0.3) is 0 Å². The Morgan fingerprint density at radius 2 is 1.94 bits per heavy atom. The summed E-state index contributed by atoms with van der Waals surface area (Å²) in [4.78, 5) is 19.1. The highest BCUT2D eigenvalue weighted by atomic mass is 16.1. The molecule has 2 heterocycles. The van der Waals surface area contributed by atoms with Gasteiger partial charge in [-0.2, -0.15) is 5.26 Å². The molecule has 7 heteroatoms. The molecule has 3 N–H and O–H groups in total. The van der Waals surface area contributed by atoms with E-state index in [4.69, 9.17) is 11.0 Å². The first-order valence-electron chi connectivity index (χ1n) is 10.8. The van der Waals surface area contributed by atoms with E-state index in [1.165, 1.54) is 0 Å². The van der Waals surface area contributed by atoms with Crippen LogP contribution in [0.5, 0.6) is 0 Å². The van der Waals surface area contributed by atoms with Crippen LogP contribution in [0.4, 0.5) is 5.69 Å². The molecule has 0 radical (unpaired) electrons. The number of aryl methyl sites for hydroxylation is 1. The van der Waals surface area contributed by atoms with E-state index in [1.807, 2.05) is 68.0 Å². The van der Waals surface area contributed by atoms with Crippen molar-refractivity contribution in [2.75, 3.05) is 18.4 Å². The van der Waals surface area contributed by atoms with Crippen LogP contribution in [0, 0.1) is 18.3 Å². The third-order valence-corrected chi connectivity index (χ3v) is 6.20. The Kier molecular flexibility index (Phi) is 6.24. The average Bonchev–Trinajstić information content (AvgIpc) is 3.22. The smallest absolute Gasteiger partial charge is 0.243 e. The summed E-state index contributed by atoms with van der Waals surface area (Å²) in [5.74, 6) is -0.301. The van der Waals surface area contributed by atoms with Crippen LogP contribution >= 0.6 is 0 Å². The predicted octanol–water partition coefficient (Wildman–Crippen LogP) is 3.04. The van der Waals surface area contributed by atoms with Gasteiger partial charge in [-0.15, -0.1) is 0 Å². The third-order valence-electron chi connectivity index (χ3n) is 6.20. The number of piperidine rings is 1.